The van der Waals surface area contributed by atoms with E-state index >= 15 is 0 Å². The minimum Gasteiger partial charge on any atom is -0.456 e. The molecule has 1 aliphatic carbocycles. The van der Waals surface area contributed by atoms with Crippen molar-refractivity contribution in [1.29, 1.82) is 0 Å². The van der Waals surface area contributed by atoms with Crippen molar-refractivity contribution in [3.05, 3.63) is 162 Å². The Hall–Kier alpha value is -5.77. The average molecular weight is 630 g/mol. The van der Waals surface area contributed by atoms with Crippen LogP contribution in [-0.4, -0.2) is 4.98 Å². The van der Waals surface area contributed by atoms with Crippen LogP contribution < -0.4 is 0 Å². The lowest BCUT2D eigenvalue weighted by Crippen LogP contribution is -2.07. The molecule has 0 saturated carbocycles. The van der Waals surface area contributed by atoms with Crippen molar-refractivity contribution in [1.82, 2.24) is 4.98 Å². The number of aromatic nitrogens is 1. The van der Waals surface area contributed by atoms with Crippen LogP contribution in [0.2, 0.25) is 0 Å². The van der Waals surface area contributed by atoms with Gasteiger partial charge in [-0.2, -0.15) is 0 Å². The number of thiophene rings is 1. The molecule has 0 bridgehead atoms. The first-order valence-electron chi connectivity index (χ1n) is 16.5. The van der Waals surface area contributed by atoms with Gasteiger partial charge >= 0.3 is 0 Å². The van der Waals surface area contributed by atoms with Gasteiger partial charge in [0.2, 0.25) is 0 Å². The van der Waals surface area contributed by atoms with Gasteiger partial charge in [-0.15, -0.1) is 11.3 Å². The second-order valence-electron chi connectivity index (χ2n) is 13.1. The predicted molar refractivity (Wildman–Crippen MR) is 202 cm³/mol. The number of rotatable bonds is 2. The molecule has 224 valence electrons. The number of hydrogen-bond acceptors (Lipinski definition) is 3. The molecule has 11 rings (SSSR count). The molecule has 48 heavy (non-hydrogen) atoms. The Balaban J connectivity index is 1.22. The van der Waals surface area contributed by atoms with Crippen LogP contribution in [0.5, 0.6) is 0 Å². The van der Waals surface area contributed by atoms with Crippen LogP contribution in [0.15, 0.2) is 144 Å². The van der Waals surface area contributed by atoms with E-state index < -0.39 is 0 Å². The number of aryl methyl sites for hydroxylation is 1. The molecule has 1 atom stereocenters. The van der Waals surface area contributed by atoms with E-state index in [2.05, 4.69) is 134 Å². The summed E-state index contributed by atoms with van der Waals surface area (Å²) in [7, 11) is 0. The molecule has 0 amide bonds. The number of fused-ring (bicyclic) bond motifs is 11. The fourth-order valence-electron chi connectivity index (χ4n) is 8.31. The summed E-state index contributed by atoms with van der Waals surface area (Å²) in [6.07, 6.45) is 0. The fraction of sp³-hybridized carbons (Fsp3) is 0.0444. The van der Waals surface area contributed by atoms with E-state index in [1.165, 1.54) is 69.7 Å². The standard InChI is InChI=1S/C45H27NOS/c1-25-29-12-6-8-16-38(29)46-45(28-18-19-40-34(21-28)31-14-7-9-17-39(31)47-40)43(25)44-32-15-5-4-13-30(32)33-23-36-35-20-26-10-2-3-11-27(26)22-41(35)48-42(36)24-37(33)44/h2-24,44H,1H3. The summed E-state index contributed by atoms with van der Waals surface area (Å²) < 4.78 is 8.90. The molecule has 0 radical (unpaired) electrons. The Morgan fingerprint density at radius 2 is 1.25 bits per heavy atom. The Morgan fingerprint density at radius 1 is 0.542 bits per heavy atom. The Kier molecular flexibility index (Phi) is 5.28. The monoisotopic (exact) mass is 629 g/mol. The molecule has 0 spiro atoms. The van der Waals surface area contributed by atoms with Crippen molar-refractivity contribution in [3.8, 4) is 22.4 Å². The SMILES string of the molecule is Cc1c(C2c3ccccc3-c3cc4c(cc32)sc2cc3ccccc3cc24)c(-c2ccc3oc4ccccc4c3c2)nc2ccccc12. The maximum Gasteiger partial charge on any atom is 0.135 e. The van der Waals surface area contributed by atoms with Crippen LogP contribution in [0.3, 0.4) is 0 Å². The van der Waals surface area contributed by atoms with Crippen LogP contribution in [0, 0.1) is 6.92 Å². The van der Waals surface area contributed by atoms with Gasteiger partial charge in [-0.25, -0.2) is 4.98 Å². The summed E-state index contributed by atoms with van der Waals surface area (Å²) in [6, 6.07) is 50.8. The molecule has 0 aliphatic heterocycles. The molecule has 0 fully saturated rings. The number of pyridine rings is 1. The molecule has 10 aromatic rings. The van der Waals surface area contributed by atoms with Gasteiger partial charge in [0.05, 0.1) is 11.2 Å². The molecule has 2 nitrogen and oxygen atoms in total. The average Bonchev–Trinajstić information content (AvgIpc) is 3.78. The zero-order valence-electron chi connectivity index (χ0n) is 26.1. The van der Waals surface area contributed by atoms with Gasteiger partial charge < -0.3 is 4.42 Å². The van der Waals surface area contributed by atoms with E-state index in [1.54, 1.807) is 0 Å². The van der Waals surface area contributed by atoms with Gasteiger partial charge in [-0.1, -0.05) is 84.9 Å². The summed E-state index contributed by atoms with van der Waals surface area (Å²) in [5.74, 6) is 0.0498. The van der Waals surface area contributed by atoms with E-state index in [9.17, 15) is 0 Å². The third-order valence-electron chi connectivity index (χ3n) is 10.5. The first-order valence-corrected chi connectivity index (χ1v) is 17.3. The normalized spacial score (nSPS) is 14.1. The van der Waals surface area contributed by atoms with E-state index in [-0.39, 0.29) is 5.92 Å². The van der Waals surface area contributed by atoms with Crippen molar-refractivity contribution in [3.63, 3.8) is 0 Å². The highest BCUT2D eigenvalue weighted by atomic mass is 32.1. The van der Waals surface area contributed by atoms with E-state index in [0.29, 0.717) is 0 Å². The molecule has 1 unspecified atom stereocenters. The topological polar surface area (TPSA) is 26.0 Å². The highest BCUT2D eigenvalue weighted by molar-refractivity contribution is 7.25. The van der Waals surface area contributed by atoms with Crippen molar-refractivity contribution in [2.24, 2.45) is 0 Å². The van der Waals surface area contributed by atoms with Gasteiger partial charge in [-0.05, 0) is 106 Å². The van der Waals surface area contributed by atoms with E-state index in [4.69, 9.17) is 9.40 Å². The van der Waals surface area contributed by atoms with E-state index in [1.807, 2.05) is 23.5 Å². The van der Waals surface area contributed by atoms with Crippen LogP contribution in [0.1, 0.15) is 28.2 Å². The number of furan rings is 1. The quantitative estimate of drug-likeness (QED) is 0.190. The second kappa shape index (κ2) is 9.63. The van der Waals surface area contributed by atoms with E-state index in [0.717, 1.165) is 38.7 Å². The molecule has 1 aliphatic rings. The Labute approximate surface area is 280 Å². The lowest BCUT2D eigenvalue weighted by Gasteiger charge is -2.22. The summed E-state index contributed by atoms with van der Waals surface area (Å²) in [5, 5.41) is 8.69. The summed E-state index contributed by atoms with van der Waals surface area (Å²) in [6.45, 7) is 2.29. The molecule has 0 saturated heterocycles. The van der Waals surface area contributed by atoms with Crippen molar-refractivity contribution >= 4 is 75.1 Å². The second-order valence-corrected chi connectivity index (χ2v) is 14.2. The van der Waals surface area contributed by atoms with Gasteiger partial charge in [0.15, 0.2) is 0 Å². The molecule has 3 aromatic heterocycles. The number of benzene rings is 7. The van der Waals surface area contributed by atoms with Gasteiger partial charge in [0.25, 0.3) is 0 Å². The third kappa shape index (κ3) is 3.60. The molecule has 3 heterocycles. The van der Waals surface area contributed by atoms with Gasteiger partial charge in [-0.3, -0.25) is 0 Å². The van der Waals surface area contributed by atoms with Crippen molar-refractivity contribution < 1.29 is 4.42 Å². The predicted octanol–water partition coefficient (Wildman–Crippen LogP) is 12.8. The largest absolute Gasteiger partial charge is 0.456 e. The first-order chi connectivity index (χ1) is 23.7. The summed E-state index contributed by atoms with van der Waals surface area (Å²) >= 11 is 1.90. The number of hydrogen-bond donors (Lipinski definition) is 0. The number of para-hydroxylation sites is 2. The summed E-state index contributed by atoms with van der Waals surface area (Å²) in [4.78, 5) is 5.47. The fourth-order valence-corrected chi connectivity index (χ4v) is 9.47. The minimum atomic E-state index is 0.0498. The van der Waals surface area contributed by atoms with Crippen molar-refractivity contribution in [2.75, 3.05) is 0 Å². The zero-order valence-corrected chi connectivity index (χ0v) is 26.9. The third-order valence-corrected chi connectivity index (χ3v) is 11.6. The zero-order chi connectivity index (χ0) is 31.5. The molecular weight excluding hydrogens is 603 g/mol. The van der Waals surface area contributed by atoms with Crippen molar-refractivity contribution in [2.45, 2.75) is 12.8 Å². The Morgan fingerprint density at radius 3 is 2.17 bits per heavy atom. The molecular formula is C45H27NOS. The van der Waals surface area contributed by atoms with Crippen LogP contribution in [0.25, 0.3) is 86.2 Å². The van der Waals surface area contributed by atoms with Gasteiger partial charge in [0, 0.05) is 47.8 Å². The first kappa shape index (κ1) is 26.3. The smallest absolute Gasteiger partial charge is 0.135 e. The summed E-state index contributed by atoms with van der Waals surface area (Å²) in [5.41, 5.74) is 12.9. The van der Waals surface area contributed by atoms with Crippen LogP contribution in [0.4, 0.5) is 0 Å². The molecule has 7 aromatic carbocycles. The minimum absolute atomic E-state index is 0.0498. The highest BCUT2D eigenvalue weighted by Gasteiger charge is 2.34. The molecule has 0 N–H and O–H groups in total. The number of nitrogens with zero attached hydrogens (tertiary/aromatic N) is 1. The van der Waals surface area contributed by atoms with Crippen LogP contribution >= 0.6 is 11.3 Å². The molecule has 3 heteroatoms. The lowest BCUT2D eigenvalue weighted by molar-refractivity contribution is 0.669. The lowest BCUT2D eigenvalue weighted by atomic mass is 9.82. The van der Waals surface area contributed by atoms with Crippen LogP contribution in [-0.2, 0) is 0 Å². The van der Waals surface area contributed by atoms with Gasteiger partial charge in [0.1, 0.15) is 11.2 Å². The highest BCUT2D eigenvalue weighted by Crippen LogP contribution is 2.54. The maximum atomic E-state index is 6.23. The maximum absolute atomic E-state index is 6.23. The Bertz CT molecular complexity index is 2980.